The van der Waals surface area contributed by atoms with Crippen LogP contribution < -0.4 is 5.32 Å². The molecular formula is C17H28N4O3. The first-order chi connectivity index (χ1) is 11.2. The number of aryl methyl sites for hydroxylation is 1. The Hall–Kier alpha value is -1.89. The second kappa shape index (κ2) is 7.79. The fraction of sp³-hybridized carbons (Fsp3) is 0.706. The smallest absolute Gasteiger partial charge is 0.276 e. The number of nitrogens with one attached hydrogen (secondary N) is 1. The Morgan fingerprint density at radius 1 is 1.25 bits per heavy atom. The fourth-order valence-electron chi connectivity index (χ4n) is 2.70. The van der Waals surface area contributed by atoms with Gasteiger partial charge in [-0.1, -0.05) is 25.9 Å². The topological polar surface area (TPSA) is 78.7 Å². The van der Waals surface area contributed by atoms with Crippen LogP contribution in [0.1, 0.15) is 43.4 Å². The molecule has 0 aliphatic carbocycles. The van der Waals surface area contributed by atoms with Gasteiger partial charge in [-0.25, -0.2) is 0 Å². The van der Waals surface area contributed by atoms with Crippen molar-refractivity contribution in [2.45, 2.75) is 34.1 Å². The lowest BCUT2D eigenvalue weighted by atomic mass is 9.92. The maximum atomic E-state index is 12.3. The van der Waals surface area contributed by atoms with Crippen LogP contribution in [0.3, 0.4) is 0 Å². The average molecular weight is 336 g/mol. The van der Waals surface area contributed by atoms with Crippen molar-refractivity contribution in [3.8, 4) is 0 Å². The van der Waals surface area contributed by atoms with E-state index in [0.29, 0.717) is 37.5 Å². The Morgan fingerprint density at radius 2 is 1.92 bits per heavy atom. The normalized spacial score (nSPS) is 16.2. The summed E-state index contributed by atoms with van der Waals surface area (Å²) in [7, 11) is 0. The molecular weight excluding hydrogens is 308 g/mol. The molecule has 2 rings (SSSR count). The Bertz CT molecular complexity index is 569. The van der Waals surface area contributed by atoms with Crippen LogP contribution in [0.15, 0.2) is 10.6 Å². The molecule has 2 heterocycles. The molecule has 1 N–H and O–H groups in total. The lowest BCUT2D eigenvalue weighted by molar-refractivity contribution is -0.122. The molecule has 0 atom stereocenters. The molecule has 24 heavy (non-hydrogen) atoms. The molecule has 0 unspecified atom stereocenters. The van der Waals surface area contributed by atoms with Crippen LogP contribution in [0.4, 0.5) is 0 Å². The third-order valence-electron chi connectivity index (χ3n) is 3.95. The highest BCUT2D eigenvalue weighted by atomic mass is 16.5. The van der Waals surface area contributed by atoms with Gasteiger partial charge in [0.25, 0.3) is 5.91 Å². The van der Waals surface area contributed by atoms with E-state index in [1.165, 1.54) is 0 Å². The maximum absolute atomic E-state index is 12.3. The van der Waals surface area contributed by atoms with E-state index in [4.69, 9.17) is 4.52 Å². The Kier molecular flexibility index (Phi) is 5.99. The van der Waals surface area contributed by atoms with E-state index in [1.807, 2.05) is 0 Å². The van der Waals surface area contributed by atoms with Crippen LogP contribution in [0.25, 0.3) is 0 Å². The minimum absolute atomic E-state index is 0.00947. The zero-order valence-electron chi connectivity index (χ0n) is 15.1. The predicted molar refractivity (Wildman–Crippen MR) is 90.7 cm³/mol. The number of hydrogen-bond donors (Lipinski definition) is 1. The van der Waals surface area contributed by atoms with Crippen LogP contribution in [0, 0.1) is 12.3 Å². The molecule has 0 spiro atoms. The average Bonchev–Trinajstić information content (AvgIpc) is 2.92. The van der Waals surface area contributed by atoms with Gasteiger partial charge >= 0.3 is 0 Å². The number of piperazine rings is 1. The minimum atomic E-state index is -0.0787. The summed E-state index contributed by atoms with van der Waals surface area (Å²) in [6.07, 6.45) is 0.534. The van der Waals surface area contributed by atoms with Crippen molar-refractivity contribution in [2.24, 2.45) is 5.41 Å². The molecule has 2 amide bonds. The molecule has 134 valence electrons. The van der Waals surface area contributed by atoms with E-state index in [0.717, 1.165) is 19.6 Å². The summed E-state index contributed by atoms with van der Waals surface area (Å²) < 4.78 is 4.96. The van der Waals surface area contributed by atoms with Gasteiger partial charge in [0.2, 0.25) is 5.91 Å². The Balaban J connectivity index is 1.68. The second-order valence-electron chi connectivity index (χ2n) is 7.54. The number of rotatable bonds is 5. The number of carbonyl (C=O) groups excluding carboxylic acids is 2. The minimum Gasteiger partial charge on any atom is -0.361 e. The quantitative estimate of drug-likeness (QED) is 0.877. The largest absolute Gasteiger partial charge is 0.361 e. The monoisotopic (exact) mass is 336 g/mol. The summed E-state index contributed by atoms with van der Waals surface area (Å²) in [4.78, 5) is 28.1. The van der Waals surface area contributed by atoms with Gasteiger partial charge in [-0.15, -0.1) is 0 Å². The van der Waals surface area contributed by atoms with Crippen molar-refractivity contribution < 1.29 is 14.1 Å². The predicted octanol–water partition coefficient (Wildman–Crippen LogP) is 1.29. The van der Waals surface area contributed by atoms with Gasteiger partial charge in [-0.3, -0.25) is 14.5 Å². The molecule has 1 aliphatic heterocycles. The number of hydrogen-bond acceptors (Lipinski definition) is 5. The third kappa shape index (κ3) is 5.63. The first-order valence-electron chi connectivity index (χ1n) is 8.46. The molecule has 0 bridgehead atoms. The van der Waals surface area contributed by atoms with Gasteiger partial charge in [0, 0.05) is 51.8 Å². The fourth-order valence-corrected chi connectivity index (χ4v) is 2.70. The molecule has 1 aromatic rings. The summed E-state index contributed by atoms with van der Waals surface area (Å²) in [5.41, 5.74) is 0.380. The summed E-state index contributed by atoms with van der Waals surface area (Å²) in [6, 6.07) is 1.67. The van der Waals surface area contributed by atoms with Crippen molar-refractivity contribution in [3.05, 3.63) is 17.5 Å². The summed E-state index contributed by atoms with van der Waals surface area (Å²) >= 11 is 0. The van der Waals surface area contributed by atoms with Crippen molar-refractivity contribution in [3.63, 3.8) is 0 Å². The molecule has 0 saturated carbocycles. The number of aromatic nitrogens is 1. The Labute approximate surface area is 143 Å². The van der Waals surface area contributed by atoms with Crippen molar-refractivity contribution in [1.29, 1.82) is 0 Å². The van der Waals surface area contributed by atoms with E-state index < -0.39 is 0 Å². The standard InChI is InChI=1S/C17H28N4O3/c1-13-11-14(19-24-13)16(23)21-9-7-20(8-10-21)6-5-18-15(22)12-17(2,3)4/h11H,5-10,12H2,1-4H3,(H,18,22). The second-order valence-corrected chi connectivity index (χ2v) is 7.54. The van der Waals surface area contributed by atoms with E-state index in [9.17, 15) is 9.59 Å². The number of carbonyl (C=O) groups is 2. The van der Waals surface area contributed by atoms with Crippen LogP contribution in [0.5, 0.6) is 0 Å². The molecule has 1 aliphatic rings. The molecule has 7 nitrogen and oxygen atoms in total. The van der Waals surface area contributed by atoms with Crippen LogP contribution in [0.2, 0.25) is 0 Å². The molecule has 7 heteroatoms. The van der Waals surface area contributed by atoms with Gasteiger partial charge < -0.3 is 14.7 Å². The number of amides is 2. The van der Waals surface area contributed by atoms with E-state index in [2.05, 4.69) is 36.1 Å². The highest BCUT2D eigenvalue weighted by molar-refractivity contribution is 5.92. The van der Waals surface area contributed by atoms with Crippen molar-refractivity contribution in [2.75, 3.05) is 39.3 Å². The van der Waals surface area contributed by atoms with Gasteiger partial charge in [0.05, 0.1) is 0 Å². The Morgan fingerprint density at radius 3 is 2.46 bits per heavy atom. The molecule has 1 saturated heterocycles. The first kappa shape index (κ1) is 18.4. The van der Waals surface area contributed by atoms with E-state index >= 15 is 0 Å². The summed E-state index contributed by atoms with van der Waals surface area (Å²) in [5, 5.41) is 6.75. The van der Waals surface area contributed by atoms with E-state index in [-0.39, 0.29) is 17.2 Å². The molecule has 0 radical (unpaired) electrons. The zero-order chi connectivity index (χ0) is 17.7. The maximum Gasteiger partial charge on any atom is 0.276 e. The lowest BCUT2D eigenvalue weighted by Gasteiger charge is -2.34. The van der Waals surface area contributed by atoms with Gasteiger partial charge in [-0.05, 0) is 12.3 Å². The van der Waals surface area contributed by atoms with Gasteiger partial charge in [-0.2, -0.15) is 0 Å². The molecule has 0 aromatic carbocycles. The lowest BCUT2D eigenvalue weighted by Crippen LogP contribution is -2.50. The summed E-state index contributed by atoms with van der Waals surface area (Å²) in [5.74, 6) is 0.658. The van der Waals surface area contributed by atoms with Crippen LogP contribution in [-0.2, 0) is 4.79 Å². The highest BCUT2D eigenvalue weighted by Crippen LogP contribution is 2.17. The van der Waals surface area contributed by atoms with Crippen molar-refractivity contribution in [1.82, 2.24) is 20.3 Å². The van der Waals surface area contributed by atoms with Crippen molar-refractivity contribution >= 4 is 11.8 Å². The van der Waals surface area contributed by atoms with Gasteiger partial charge in [0.15, 0.2) is 5.69 Å². The molecule has 1 fully saturated rings. The SMILES string of the molecule is Cc1cc(C(=O)N2CCN(CCNC(=O)CC(C)(C)C)CC2)no1. The first-order valence-corrected chi connectivity index (χ1v) is 8.46. The van der Waals surface area contributed by atoms with E-state index in [1.54, 1.807) is 17.9 Å². The van der Waals surface area contributed by atoms with Crippen LogP contribution in [-0.4, -0.2) is 66.0 Å². The zero-order valence-corrected chi connectivity index (χ0v) is 15.1. The van der Waals surface area contributed by atoms with Gasteiger partial charge in [0.1, 0.15) is 5.76 Å². The highest BCUT2D eigenvalue weighted by Gasteiger charge is 2.24. The van der Waals surface area contributed by atoms with Crippen LogP contribution >= 0.6 is 0 Å². The molecule has 1 aromatic heterocycles. The third-order valence-corrected chi connectivity index (χ3v) is 3.95. The summed E-state index contributed by atoms with van der Waals surface area (Å²) in [6.45, 7) is 12.3. The number of nitrogens with zero attached hydrogens (tertiary/aromatic N) is 3.